The number of H-pyrrole nitrogens is 1. The van der Waals surface area contributed by atoms with Crippen LogP contribution in [0.2, 0.25) is 5.02 Å². The molecule has 32 heavy (non-hydrogen) atoms. The van der Waals surface area contributed by atoms with Gasteiger partial charge in [-0.15, -0.1) is 0 Å². The van der Waals surface area contributed by atoms with Crippen molar-refractivity contribution < 1.29 is 9.47 Å². The van der Waals surface area contributed by atoms with E-state index in [9.17, 15) is 0 Å². The van der Waals surface area contributed by atoms with E-state index in [1.54, 1.807) is 20.3 Å². The van der Waals surface area contributed by atoms with Crippen LogP contribution in [0, 0.1) is 6.92 Å². The molecule has 0 aliphatic carbocycles. The second-order valence-corrected chi connectivity index (χ2v) is 7.73. The number of anilines is 2. The summed E-state index contributed by atoms with van der Waals surface area (Å²) in [7, 11) is 3.21. The molecule has 5 aromatic rings. The van der Waals surface area contributed by atoms with Gasteiger partial charge in [0.05, 0.1) is 35.7 Å². The Bertz CT molecular complexity index is 1460. The average molecular weight is 446 g/mol. The van der Waals surface area contributed by atoms with Crippen molar-refractivity contribution in [1.29, 1.82) is 0 Å². The van der Waals surface area contributed by atoms with Gasteiger partial charge in [-0.3, -0.25) is 0 Å². The molecule has 0 amide bonds. The summed E-state index contributed by atoms with van der Waals surface area (Å²) in [6.45, 7) is 2.04. The van der Waals surface area contributed by atoms with Crippen LogP contribution < -0.4 is 14.8 Å². The Labute approximate surface area is 189 Å². The van der Waals surface area contributed by atoms with Gasteiger partial charge in [-0.2, -0.15) is 0 Å². The fourth-order valence-electron chi connectivity index (χ4n) is 3.71. The molecule has 3 aromatic carbocycles. The lowest BCUT2D eigenvalue weighted by Crippen LogP contribution is -1.99. The number of aromatic amines is 1. The molecule has 0 aliphatic rings. The summed E-state index contributed by atoms with van der Waals surface area (Å²) >= 11 is 6.53. The summed E-state index contributed by atoms with van der Waals surface area (Å²) in [4.78, 5) is 16.9. The minimum absolute atomic E-state index is 0.600. The van der Waals surface area contributed by atoms with Crippen molar-refractivity contribution in [3.63, 3.8) is 0 Å². The predicted molar refractivity (Wildman–Crippen MR) is 127 cm³/mol. The van der Waals surface area contributed by atoms with Crippen molar-refractivity contribution >= 4 is 45.0 Å². The van der Waals surface area contributed by atoms with Crippen molar-refractivity contribution in [2.24, 2.45) is 0 Å². The lowest BCUT2D eigenvalue weighted by molar-refractivity contribution is 0.397. The van der Waals surface area contributed by atoms with Gasteiger partial charge in [-0.25, -0.2) is 15.0 Å². The number of methoxy groups -OCH3 is 2. The number of nitrogens with zero attached hydrogens (tertiary/aromatic N) is 3. The highest BCUT2D eigenvalue weighted by Gasteiger charge is 2.14. The number of hydrogen-bond donors (Lipinski definition) is 2. The number of aromatic nitrogens is 4. The highest BCUT2D eigenvalue weighted by Crippen LogP contribution is 2.35. The van der Waals surface area contributed by atoms with E-state index in [-0.39, 0.29) is 0 Å². The van der Waals surface area contributed by atoms with Crippen molar-refractivity contribution in [1.82, 2.24) is 19.9 Å². The fourth-order valence-corrected chi connectivity index (χ4v) is 3.91. The number of imidazole rings is 1. The fraction of sp³-hybridized carbons (Fsp3) is 0.125. The molecule has 2 N–H and O–H groups in total. The van der Waals surface area contributed by atoms with Gasteiger partial charge in [0.15, 0.2) is 0 Å². The van der Waals surface area contributed by atoms with E-state index in [1.807, 2.05) is 49.4 Å². The van der Waals surface area contributed by atoms with Crippen LogP contribution in [0.25, 0.3) is 33.3 Å². The zero-order valence-corrected chi connectivity index (χ0v) is 18.5. The predicted octanol–water partition coefficient (Wildman–Crippen LogP) is 5.90. The largest absolute Gasteiger partial charge is 0.497 e. The monoisotopic (exact) mass is 445 g/mol. The first-order chi connectivity index (χ1) is 15.6. The van der Waals surface area contributed by atoms with Gasteiger partial charge in [0.25, 0.3) is 0 Å². The number of benzene rings is 3. The second-order valence-electron chi connectivity index (χ2n) is 7.32. The van der Waals surface area contributed by atoms with Crippen LogP contribution in [0.1, 0.15) is 5.56 Å². The van der Waals surface area contributed by atoms with Crippen LogP contribution in [0.3, 0.4) is 0 Å². The summed E-state index contributed by atoms with van der Waals surface area (Å²) in [6.07, 6.45) is 1.50. The average Bonchev–Trinajstić information content (AvgIpc) is 3.25. The maximum absolute atomic E-state index is 6.53. The normalized spacial score (nSPS) is 11.1. The van der Waals surface area contributed by atoms with Crippen LogP contribution in [-0.2, 0) is 0 Å². The Morgan fingerprint density at radius 1 is 0.969 bits per heavy atom. The molecule has 0 atom stereocenters. The number of hydrogen-bond acceptors (Lipinski definition) is 6. The first-order valence-electron chi connectivity index (χ1n) is 9.96. The Morgan fingerprint density at radius 3 is 2.62 bits per heavy atom. The highest BCUT2D eigenvalue weighted by atomic mass is 35.5. The van der Waals surface area contributed by atoms with Crippen molar-refractivity contribution in [3.05, 3.63) is 65.4 Å². The zero-order valence-electron chi connectivity index (χ0n) is 17.7. The number of halogens is 1. The molecule has 0 radical (unpaired) electrons. The summed E-state index contributed by atoms with van der Waals surface area (Å²) in [5.74, 6) is 2.60. The van der Waals surface area contributed by atoms with E-state index in [1.165, 1.54) is 6.33 Å². The third-order valence-corrected chi connectivity index (χ3v) is 5.66. The first-order valence-corrected chi connectivity index (χ1v) is 10.3. The van der Waals surface area contributed by atoms with Crippen molar-refractivity contribution in [2.75, 3.05) is 19.5 Å². The van der Waals surface area contributed by atoms with Gasteiger partial charge in [0.2, 0.25) is 0 Å². The van der Waals surface area contributed by atoms with Crippen LogP contribution in [0.15, 0.2) is 54.9 Å². The molecular weight excluding hydrogens is 426 g/mol. The smallest absolute Gasteiger partial charge is 0.148 e. The second kappa shape index (κ2) is 8.01. The highest BCUT2D eigenvalue weighted by molar-refractivity contribution is 6.33. The molecule has 7 nitrogen and oxygen atoms in total. The number of para-hydroxylation sites is 1. The lowest BCUT2D eigenvalue weighted by atomic mass is 10.1. The number of fused-ring (bicyclic) bond motifs is 2. The first kappa shape index (κ1) is 20.1. The summed E-state index contributed by atoms with van der Waals surface area (Å²) in [6, 6.07) is 15.4. The van der Waals surface area contributed by atoms with E-state index in [0.717, 1.165) is 33.2 Å². The number of ether oxygens (including phenoxy) is 2. The summed E-state index contributed by atoms with van der Waals surface area (Å²) in [5, 5.41) is 4.75. The molecule has 160 valence electrons. The van der Waals surface area contributed by atoms with Crippen molar-refractivity contribution in [3.8, 4) is 22.9 Å². The molecule has 2 heterocycles. The third-order valence-electron chi connectivity index (χ3n) is 5.33. The molecular formula is C24H20ClN5O2. The summed E-state index contributed by atoms with van der Waals surface area (Å²) in [5.41, 5.74) is 5.29. The molecule has 0 unspecified atom stereocenters. The van der Waals surface area contributed by atoms with Crippen LogP contribution in [0.5, 0.6) is 11.5 Å². The van der Waals surface area contributed by atoms with Crippen LogP contribution in [0.4, 0.5) is 11.5 Å². The number of aryl methyl sites for hydroxylation is 1. The van der Waals surface area contributed by atoms with Crippen LogP contribution in [-0.4, -0.2) is 34.2 Å². The molecule has 0 saturated carbocycles. The molecule has 8 heteroatoms. The Balaban J connectivity index is 1.58. The van der Waals surface area contributed by atoms with E-state index < -0.39 is 0 Å². The SMILES string of the molecule is COc1cc(OC)c2ncnc(Nc3ccc(Cl)c(-c4nc5c(C)cccc5[nH]4)c3)c2c1. The molecule has 5 rings (SSSR count). The topological polar surface area (TPSA) is 84.9 Å². The number of rotatable bonds is 5. The van der Waals surface area contributed by atoms with E-state index in [2.05, 4.69) is 20.3 Å². The quantitative estimate of drug-likeness (QED) is 0.350. The van der Waals surface area contributed by atoms with Gasteiger partial charge in [-0.1, -0.05) is 23.7 Å². The minimum atomic E-state index is 0.600. The van der Waals surface area contributed by atoms with Gasteiger partial charge >= 0.3 is 0 Å². The van der Waals surface area contributed by atoms with Gasteiger partial charge in [-0.05, 0) is 42.8 Å². The molecule has 0 bridgehead atoms. The Morgan fingerprint density at radius 2 is 1.84 bits per heavy atom. The maximum Gasteiger partial charge on any atom is 0.148 e. The Hall–Kier alpha value is -3.84. The zero-order chi connectivity index (χ0) is 22.2. The standard InChI is InChI=1S/C24H20ClN5O2/c1-13-5-4-6-19-21(13)30-24(29-19)16-9-14(7-8-18(16)25)28-23-17-10-15(31-2)11-20(32-3)22(17)26-12-27-23/h4-12H,1-3H3,(H,29,30)(H,26,27,28). The van der Waals surface area contributed by atoms with Gasteiger partial charge in [0.1, 0.15) is 35.0 Å². The minimum Gasteiger partial charge on any atom is -0.497 e. The van der Waals surface area contributed by atoms with Crippen LogP contribution >= 0.6 is 11.6 Å². The number of nitrogens with one attached hydrogen (secondary N) is 2. The van der Waals surface area contributed by atoms with Gasteiger partial charge in [0, 0.05) is 17.3 Å². The Kier molecular flexibility index (Phi) is 5.03. The van der Waals surface area contributed by atoms with Crippen molar-refractivity contribution in [2.45, 2.75) is 6.92 Å². The molecule has 0 aliphatic heterocycles. The van der Waals surface area contributed by atoms with E-state index in [4.69, 9.17) is 26.1 Å². The third kappa shape index (κ3) is 3.46. The lowest BCUT2D eigenvalue weighted by Gasteiger charge is -2.13. The molecule has 2 aromatic heterocycles. The summed E-state index contributed by atoms with van der Waals surface area (Å²) < 4.78 is 10.9. The molecule has 0 fully saturated rings. The molecule has 0 spiro atoms. The van der Waals surface area contributed by atoms with Gasteiger partial charge < -0.3 is 19.8 Å². The molecule has 0 saturated heterocycles. The van der Waals surface area contributed by atoms with E-state index in [0.29, 0.717) is 33.7 Å². The van der Waals surface area contributed by atoms with E-state index >= 15 is 0 Å². The maximum atomic E-state index is 6.53.